The van der Waals surface area contributed by atoms with E-state index in [1.165, 1.54) is 6.07 Å². The van der Waals surface area contributed by atoms with Crippen molar-refractivity contribution in [1.82, 2.24) is 0 Å². The molecule has 5 nitrogen and oxygen atoms in total. The average molecular weight is 396 g/mol. The molecular weight excluding hydrogens is 383 g/mol. The predicted octanol–water partition coefficient (Wildman–Crippen LogP) is 2.75. The quantitative estimate of drug-likeness (QED) is 0.548. The van der Waals surface area contributed by atoms with Crippen molar-refractivity contribution in [3.63, 3.8) is 0 Å². The lowest BCUT2D eigenvalue weighted by Gasteiger charge is -2.09. The topological polar surface area (TPSA) is 92.4 Å². The SMILES string of the molecule is Nc1cccc(CC(=O)Nc2ccc(I)cc2C(=O)O)c1. The first-order valence-electron chi connectivity index (χ1n) is 6.13. The minimum Gasteiger partial charge on any atom is -0.478 e. The van der Waals surface area contributed by atoms with Crippen molar-refractivity contribution in [3.8, 4) is 0 Å². The number of carbonyl (C=O) groups excluding carboxylic acids is 1. The maximum absolute atomic E-state index is 12.0. The fourth-order valence-electron chi connectivity index (χ4n) is 1.89. The van der Waals surface area contributed by atoms with Gasteiger partial charge in [0.2, 0.25) is 5.91 Å². The first-order chi connectivity index (χ1) is 9.95. The first kappa shape index (κ1) is 15.3. The molecule has 108 valence electrons. The van der Waals surface area contributed by atoms with Crippen molar-refractivity contribution < 1.29 is 14.7 Å². The highest BCUT2D eigenvalue weighted by Gasteiger charge is 2.13. The normalized spacial score (nSPS) is 10.1. The molecule has 4 N–H and O–H groups in total. The molecule has 0 aliphatic rings. The van der Waals surface area contributed by atoms with E-state index in [1.807, 2.05) is 22.6 Å². The maximum Gasteiger partial charge on any atom is 0.337 e. The molecule has 21 heavy (non-hydrogen) atoms. The van der Waals surface area contributed by atoms with Crippen LogP contribution in [0.25, 0.3) is 0 Å². The maximum atomic E-state index is 12.0. The van der Waals surface area contributed by atoms with Crippen molar-refractivity contribution >= 4 is 45.8 Å². The Labute approximate surface area is 135 Å². The summed E-state index contributed by atoms with van der Waals surface area (Å²) in [5.74, 6) is -1.36. The van der Waals surface area contributed by atoms with E-state index in [0.29, 0.717) is 5.69 Å². The fourth-order valence-corrected chi connectivity index (χ4v) is 2.38. The standard InChI is InChI=1S/C15H13IN2O3/c16-10-4-5-13(12(8-10)15(20)21)18-14(19)7-9-2-1-3-11(17)6-9/h1-6,8H,7,17H2,(H,18,19)(H,20,21). The molecule has 0 saturated carbocycles. The molecule has 0 heterocycles. The fraction of sp³-hybridized carbons (Fsp3) is 0.0667. The van der Waals surface area contributed by atoms with Crippen molar-refractivity contribution in [2.45, 2.75) is 6.42 Å². The summed E-state index contributed by atoms with van der Waals surface area (Å²) < 4.78 is 0.791. The largest absolute Gasteiger partial charge is 0.478 e. The van der Waals surface area contributed by atoms with E-state index in [2.05, 4.69) is 5.32 Å². The number of aromatic carboxylic acids is 1. The van der Waals surface area contributed by atoms with Gasteiger partial charge >= 0.3 is 5.97 Å². The number of carbonyl (C=O) groups is 2. The highest BCUT2D eigenvalue weighted by molar-refractivity contribution is 14.1. The van der Waals surface area contributed by atoms with Gasteiger partial charge in [0.25, 0.3) is 0 Å². The molecule has 0 atom stereocenters. The third-order valence-electron chi connectivity index (χ3n) is 2.80. The molecule has 0 spiro atoms. The number of halogens is 1. The van der Waals surface area contributed by atoms with Crippen LogP contribution in [-0.2, 0) is 11.2 Å². The van der Waals surface area contributed by atoms with Gasteiger partial charge in [-0.05, 0) is 58.5 Å². The molecular formula is C15H13IN2O3. The Balaban J connectivity index is 2.15. The van der Waals surface area contributed by atoms with E-state index >= 15 is 0 Å². The van der Waals surface area contributed by atoms with Crippen LogP contribution in [0.15, 0.2) is 42.5 Å². The van der Waals surface area contributed by atoms with Gasteiger partial charge in [0.1, 0.15) is 0 Å². The number of nitrogen functional groups attached to an aromatic ring is 1. The molecule has 0 aliphatic heterocycles. The number of carboxylic acids is 1. The second-order valence-electron chi connectivity index (χ2n) is 4.47. The summed E-state index contributed by atoms with van der Waals surface area (Å²) in [5, 5.41) is 11.8. The molecule has 0 unspecified atom stereocenters. The second kappa shape index (κ2) is 6.57. The summed E-state index contributed by atoms with van der Waals surface area (Å²) in [5.41, 5.74) is 7.38. The third kappa shape index (κ3) is 4.19. The van der Waals surface area contributed by atoms with Gasteiger partial charge in [-0.2, -0.15) is 0 Å². The van der Waals surface area contributed by atoms with Gasteiger partial charge in [-0.25, -0.2) is 4.79 Å². The summed E-state index contributed by atoms with van der Waals surface area (Å²) in [4.78, 5) is 23.2. The molecule has 0 bridgehead atoms. The molecule has 0 saturated heterocycles. The van der Waals surface area contributed by atoms with Crippen LogP contribution in [0.3, 0.4) is 0 Å². The zero-order valence-corrected chi connectivity index (χ0v) is 13.1. The van der Waals surface area contributed by atoms with Gasteiger partial charge in [0, 0.05) is 9.26 Å². The number of carboxylic acid groups (broad SMARTS) is 1. The van der Waals surface area contributed by atoms with Crippen LogP contribution in [0, 0.1) is 3.57 Å². The van der Waals surface area contributed by atoms with Gasteiger partial charge in [0.15, 0.2) is 0 Å². The van der Waals surface area contributed by atoms with Crippen molar-refractivity contribution in [2.75, 3.05) is 11.1 Å². The van der Waals surface area contributed by atoms with Gasteiger partial charge in [-0.3, -0.25) is 4.79 Å². The van der Waals surface area contributed by atoms with Crippen LogP contribution in [0.1, 0.15) is 15.9 Å². The summed E-state index contributed by atoms with van der Waals surface area (Å²) in [6.07, 6.45) is 0.135. The number of rotatable bonds is 4. The Bertz CT molecular complexity index is 701. The lowest BCUT2D eigenvalue weighted by molar-refractivity contribution is -0.115. The van der Waals surface area contributed by atoms with Crippen LogP contribution in [0.4, 0.5) is 11.4 Å². The summed E-state index contributed by atoms with van der Waals surface area (Å²) in [6.45, 7) is 0. The summed E-state index contributed by atoms with van der Waals surface area (Å²) in [7, 11) is 0. The number of nitrogens with two attached hydrogens (primary N) is 1. The molecule has 0 aromatic heterocycles. The molecule has 0 aliphatic carbocycles. The predicted molar refractivity (Wildman–Crippen MR) is 89.3 cm³/mol. The van der Waals surface area contributed by atoms with Crippen LogP contribution >= 0.6 is 22.6 Å². The Kier molecular flexibility index (Phi) is 4.79. The number of nitrogens with one attached hydrogen (secondary N) is 1. The minimum absolute atomic E-state index is 0.0721. The average Bonchev–Trinajstić information content (AvgIpc) is 2.40. The molecule has 2 rings (SSSR count). The van der Waals surface area contributed by atoms with Crippen molar-refractivity contribution in [1.29, 1.82) is 0 Å². The highest BCUT2D eigenvalue weighted by atomic mass is 127. The van der Waals surface area contributed by atoms with Gasteiger partial charge in [-0.1, -0.05) is 12.1 Å². The van der Waals surface area contributed by atoms with Crippen LogP contribution in [0.2, 0.25) is 0 Å². The van der Waals surface area contributed by atoms with Gasteiger partial charge in [-0.15, -0.1) is 0 Å². The second-order valence-corrected chi connectivity index (χ2v) is 5.71. The van der Waals surface area contributed by atoms with E-state index < -0.39 is 5.97 Å². The van der Waals surface area contributed by atoms with E-state index in [9.17, 15) is 9.59 Å². The molecule has 0 radical (unpaired) electrons. The van der Waals surface area contributed by atoms with Crippen molar-refractivity contribution in [3.05, 3.63) is 57.2 Å². The van der Waals surface area contributed by atoms with Crippen LogP contribution in [-0.4, -0.2) is 17.0 Å². The number of benzene rings is 2. The Hall–Kier alpha value is -2.09. The van der Waals surface area contributed by atoms with E-state index in [-0.39, 0.29) is 23.6 Å². The summed E-state index contributed by atoms with van der Waals surface area (Å²) >= 11 is 2.02. The number of amides is 1. The lowest BCUT2D eigenvalue weighted by atomic mass is 10.1. The van der Waals surface area contributed by atoms with E-state index in [4.69, 9.17) is 10.8 Å². The van der Waals surface area contributed by atoms with Crippen molar-refractivity contribution in [2.24, 2.45) is 0 Å². The third-order valence-corrected chi connectivity index (χ3v) is 3.47. The van der Waals surface area contributed by atoms with Gasteiger partial charge in [0.05, 0.1) is 17.7 Å². The van der Waals surface area contributed by atoms with E-state index in [1.54, 1.807) is 36.4 Å². The highest BCUT2D eigenvalue weighted by Crippen LogP contribution is 2.19. The molecule has 6 heteroatoms. The summed E-state index contributed by atoms with van der Waals surface area (Å²) in [6, 6.07) is 11.9. The van der Waals surface area contributed by atoms with Crippen LogP contribution < -0.4 is 11.1 Å². The van der Waals surface area contributed by atoms with E-state index in [0.717, 1.165) is 9.13 Å². The lowest BCUT2D eigenvalue weighted by Crippen LogP contribution is -2.17. The van der Waals surface area contributed by atoms with Crippen LogP contribution in [0.5, 0.6) is 0 Å². The Morgan fingerprint density at radius 2 is 1.95 bits per heavy atom. The number of hydrogen-bond donors (Lipinski definition) is 3. The molecule has 2 aromatic carbocycles. The molecule has 2 aromatic rings. The zero-order chi connectivity index (χ0) is 15.4. The number of anilines is 2. The number of hydrogen-bond acceptors (Lipinski definition) is 3. The smallest absolute Gasteiger partial charge is 0.337 e. The zero-order valence-electron chi connectivity index (χ0n) is 11.0. The Morgan fingerprint density at radius 1 is 1.19 bits per heavy atom. The molecule has 1 amide bonds. The first-order valence-corrected chi connectivity index (χ1v) is 7.20. The minimum atomic E-state index is -1.08. The molecule has 0 fully saturated rings. The monoisotopic (exact) mass is 396 g/mol. The van der Waals surface area contributed by atoms with Gasteiger partial charge < -0.3 is 16.2 Å². The Morgan fingerprint density at radius 3 is 2.62 bits per heavy atom.